The van der Waals surface area contributed by atoms with Gasteiger partial charge < -0.3 is 16.0 Å². The number of aromatic nitrogens is 2. The van der Waals surface area contributed by atoms with Crippen molar-refractivity contribution in [2.24, 2.45) is 0 Å². The first kappa shape index (κ1) is 22.2. The normalized spacial score (nSPS) is 17.1. The number of halogens is 3. The zero-order valence-electron chi connectivity index (χ0n) is 17.9. The van der Waals surface area contributed by atoms with Crippen molar-refractivity contribution in [3.8, 4) is 0 Å². The lowest BCUT2D eigenvalue weighted by molar-refractivity contribution is 0.187. The van der Waals surface area contributed by atoms with Crippen LogP contribution in [-0.4, -0.2) is 47.6 Å². The first-order valence-electron chi connectivity index (χ1n) is 10.4. The van der Waals surface area contributed by atoms with Crippen molar-refractivity contribution in [3.05, 3.63) is 76.6 Å². The van der Waals surface area contributed by atoms with Crippen LogP contribution in [0, 0.1) is 11.6 Å². The molecule has 0 amide bonds. The zero-order valence-corrected chi connectivity index (χ0v) is 18.7. The quantitative estimate of drug-likeness (QED) is 0.554. The molecule has 4 rings (SSSR count). The van der Waals surface area contributed by atoms with E-state index in [4.69, 9.17) is 17.3 Å². The maximum absolute atomic E-state index is 13.6. The van der Waals surface area contributed by atoms with Crippen LogP contribution in [0.1, 0.15) is 24.1 Å². The van der Waals surface area contributed by atoms with Crippen LogP contribution in [-0.2, 0) is 0 Å². The summed E-state index contributed by atoms with van der Waals surface area (Å²) in [7, 11) is 1.73. The summed E-state index contributed by atoms with van der Waals surface area (Å²) < 4.78 is 27.1. The second kappa shape index (κ2) is 9.26. The molecule has 3 aromatic rings. The summed E-state index contributed by atoms with van der Waals surface area (Å²) in [5, 5.41) is 3.08. The molecule has 2 heterocycles. The van der Waals surface area contributed by atoms with Gasteiger partial charge >= 0.3 is 0 Å². The lowest BCUT2D eigenvalue weighted by atomic mass is 9.95. The van der Waals surface area contributed by atoms with Crippen molar-refractivity contribution in [2.45, 2.75) is 19.0 Å². The summed E-state index contributed by atoms with van der Waals surface area (Å²) in [6, 6.07) is 12.9. The van der Waals surface area contributed by atoms with Gasteiger partial charge in [0.2, 0.25) is 5.28 Å². The SMILES string of the molecule is CNc1nc(Cl)nc(N2CCN(C(c3ccc(F)cc3)c3ccc(F)cc3)CC2C)c1N. The van der Waals surface area contributed by atoms with Crippen LogP contribution in [0.2, 0.25) is 5.28 Å². The first-order valence-corrected chi connectivity index (χ1v) is 10.8. The van der Waals surface area contributed by atoms with Crippen molar-refractivity contribution in [1.82, 2.24) is 14.9 Å². The van der Waals surface area contributed by atoms with Crippen LogP contribution in [0.15, 0.2) is 48.5 Å². The predicted octanol–water partition coefficient (Wildman–Crippen LogP) is 4.33. The molecule has 0 spiro atoms. The Kier molecular flexibility index (Phi) is 6.43. The van der Waals surface area contributed by atoms with Crippen LogP contribution < -0.4 is 16.0 Å². The molecule has 32 heavy (non-hydrogen) atoms. The Morgan fingerprint density at radius 1 is 1.00 bits per heavy atom. The van der Waals surface area contributed by atoms with Gasteiger partial charge in [0.1, 0.15) is 17.3 Å². The van der Waals surface area contributed by atoms with Gasteiger partial charge in [0.15, 0.2) is 11.6 Å². The number of piperazine rings is 1. The van der Waals surface area contributed by atoms with Gasteiger partial charge in [0.05, 0.1) is 6.04 Å². The summed E-state index contributed by atoms with van der Waals surface area (Å²) >= 11 is 6.12. The number of benzene rings is 2. The van der Waals surface area contributed by atoms with Gasteiger partial charge in [-0.1, -0.05) is 24.3 Å². The van der Waals surface area contributed by atoms with E-state index in [1.54, 1.807) is 31.3 Å². The van der Waals surface area contributed by atoms with Crippen molar-refractivity contribution >= 4 is 28.9 Å². The van der Waals surface area contributed by atoms with Crippen molar-refractivity contribution in [2.75, 3.05) is 42.6 Å². The Bertz CT molecular complexity index is 1030. The smallest absolute Gasteiger partial charge is 0.226 e. The van der Waals surface area contributed by atoms with E-state index < -0.39 is 0 Å². The van der Waals surface area contributed by atoms with Crippen LogP contribution in [0.3, 0.4) is 0 Å². The highest BCUT2D eigenvalue weighted by Crippen LogP contribution is 2.35. The van der Waals surface area contributed by atoms with Gasteiger partial charge in [-0.25, -0.2) is 8.78 Å². The molecule has 1 aromatic heterocycles. The Morgan fingerprint density at radius 2 is 1.56 bits per heavy atom. The molecule has 3 N–H and O–H groups in total. The molecular formula is C23H25ClF2N6. The summed E-state index contributed by atoms with van der Waals surface area (Å²) in [6.45, 7) is 4.13. The van der Waals surface area contributed by atoms with Crippen molar-refractivity contribution in [1.29, 1.82) is 0 Å². The van der Waals surface area contributed by atoms with E-state index >= 15 is 0 Å². The van der Waals surface area contributed by atoms with E-state index in [2.05, 4.69) is 32.0 Å². The van der Waals surface area contributed by atoms with Gasteiger partial charge in [-0.05, 0) is 53.9 Å². The Labute approximate surface area is 191 Å². The molecule has 0 radical (unpaired) electrons. The number of nitrogens with one attached hydrogen (secondary N) is 1. The molecule has 6 nitrogen and oxygen atoms in total. The van der Waals surface area contributed by atoms with Crippen molar-refractivity contribution < 1.29 is 8.78 Å². The number of hydrogen-bond donors (Lipinski definition) is 2. The summed E-state index contributed by atoms with van der Waals surface area (Å²) in [5.74, 6) is 0.509. The largest absolute Gasteiger partial charge is 0.393 e. The summed E-state index contributed by atoms with van der Waals surface area (Å²) in [4.78, 5) is 12.9. The zero-order chi connectivity index (χ0) is 22.8. The van der Waals surface area contributed by atoms with E-state index in [1.807, 2.05) is 0 Å². The molecule has 1 unspecified atom stereocenters. The fourth-order valence-electron chi connectivity index (χ4n) is 4.28. The average molecular weight is 459 g/mol. The fraction of sp³-hybridized carbons (Fsp3) is 0.304. The molecule has 1 aliphatic rings. The van der Waals surface area contributed by atoms with Crippen LogP contribution in [0.25, 0.3) is 0 Å². The Morgan fingerprint density at radius 3 is 2.06 bits per heavy atom. The van der Waals surface area contributed by atoms with Crippen LogP contribution in [0.4, 0.5) is 26.1 Å². The highest BCUT2D eigenvalue weighted by atomic mass is 35.5. The third kappa shape index (κ3) is 4.47. The van der Waals surface area contributed by atoms with E-state index in [9.17, 15) is 8.78 Å². The minimum absolute atomic E-state index is 0.0603. The molecule has 1 fully saturated rings. The topological polar surface area (TPSA) is 70.3 Å². The minimum atomic E-state index is -0.291. The third-order valence-corrected chi connectivity index (χ3v) is 5.97. The molecule has 0 saturated carbocycles. The van der Waals surface area contributed by atoms with Gasteiger partial charge in [0.25, 0.3) is 0 Å². The van der Waals surface area contributed by atoms with E-state index in [0.717, 1.165) is 11.1 Å². The van der Waals surface area contributed by atoms with Gasteiger partial charge in [-0.3, -0.25) is 4.90 Å². The van der Waals surface area contributed by atoms with E-state index in [-0.39, 0.29) is 29.0 Å². The number of nitrogens with two attached hydrogens (primary N) is 1. The standard InChI is InChI=1S/C23H25ClF2N6/c1-14-13-31(11-12-32(14)22-19(27)21(28-2)29-23(24)30-22)20(15-3-7-17(25)8-4-15)16-5-9-18(26)10-6-16/h3-10,14,20H,11-13,27H2,1-2H3,(H,28,29,30). The number of anilines is 3. The van der Waals surface area contributed by atoms with Crippen LogP contribution >= 0.6 is 11.6 Å². The van der Waals surface area contributed by atoms with Gasteiger partial charge in [-0.15, -0.1) is 0 Å². The van der Waals surface area contributed by atoms with Crippen LogP contribution in [0.5, 0.6) is 0 Å². The number of nitrogens with zero attached hydrogens (tertiary/aromatic N) is 4. The Hall–Kier alpha value is -2.97. The maximum atomic E-state index is 13.6. The second-order valence-corrected chi connectivity index (χ2v) is 8.21. The van der Waals surface area contributed by atoms with Crippen molar-refractivity contribution in [3.63, 3.8) is 0 Å². The molecule has 0 bridgehead atoms. The number of hydrogen-bond acceptors (Lipinski definition) is 6. The predicted molar refractivity (Wildman–Crippen MR) is 124 cm³/mol. The van der Waals surface area contributed by atoms with E-state index in [1.165, 1.54) is 24.3 Å². The van der Waals surface area contributed by atoms with Gasteiger partial charge in [-0.2, -0.15) is 9.97 Å². The highest BCUT2D eigenvalue weighted by molar-refractivity contribution is 6.28. The molecule has 1 aliphatic heterocycles. The van der Waals surface area contributed by atoms with Gasteiger partial charge in [0, 0.05) is 32.7 Å². The highest BCUT2D eigenvalue weighted by Gasteiger charge is 2.32. The number of rotatable bonds is 5. The lowest BCUT2D eigenvalue weighted by Gasteiger charge is -2.44. The molecule has 9 heteroatoms. The first-order chi connectivity index (χ1) is 15.4. The average Bonchev–Trinajstić information content (AvgIpc) is 2.78. The van der Waals surface area contributed by atoms with E-state index in [0.29, 0.717) is 37.0 Å². The molecular weight excluding hydrogens is 434 g/mol. The molecule has 168 valence electrons. The monoisotopic (exact) mass is 458 g/mol. The molecule has 1 saturated heterocycles. The third-order valence-electron chi connectivity index (χ3n) is 5.80. The minimum Gasteiger partial charge on any atom is -0.393 e. The Balaban J connectivity index is 1.64. The number of nitrogen functional groups attached to an aromatic ring is 1. The lowest BCUT2D eigenvalue weighted by Crippen LogP contribution is -2.53. The summed E-state index contributed by atoms with van der Waals surface area (Å²) in [6.07, 6.45) is 0. The second-order valence-electron chi connectivity index (χ2n) is 7.87. The maximum Gasteiger partial charge on any atom is 0.226 e. The molecule has 2 aromatic carbocycles. The molecule has 1 atom stereocenters. The summed E-state index contributed by atoms with van der Waals surface area (Å²) in [5.41, 5.74) is 8.63. The molecule has 0 aliphatic carbocycles. The fourth-order valence-corrected chi connectivity index (χ4v) is 4.44.